The number of carbonyl (C=O) groups is 4. The number of phenolic OH excluding ortho intramolecular Hbond substituents is 1. The molecule has 0 saturated carbocycles. The van der Waals surface area contributed by atoms with Crippen LogP contribution in [0, 0.1) is 6.92 Å². The van der Waals surface area contributed by atoms with Gasteiger partial charge < -0.3 is 40.3 Å². The van der Waals surface area contributed by atoms with Crippen LogP contribution in [0.15, 0.2) is 48.7 Å². The molecule has 2 aromatic heterocycles. The number of rotatable bonds is 11. The minimum atomic E-state index is -1.26. The highest BCUT2D eigenvalue weighted by Gasteiger charge is 2.15. The van der Waals surface area contributed by atoms with Gasteiger partial charge in [-0.1, -0.05) is 13.8 Å². The Bertz CT molecular complexity index is 1360. The van der Waals surface area contributed by atoms with E-state index in [2.05, 4.69) is 47.6 Å². The first kappa shape index (κ1) is 34.1. The van der Waals surface area contributed by atoms with Gasteiger partial charge in [0.2, 0.25) is 0 Å². The van der Waals surface area contributed by atoms with Crippen molar-refractivity contribution < 1.29 is 44.7 Å². The van der Waals surface area contributed by atoms with Gasteiger partial charge in [0, 0.05) is 55.0 Å². The number of anilines is 1. The lowest BCUT2D eigenvalue weighted by molar-refractivity contribution is -0.134. The van der Waals surface area contributed by atoms with Crippen molar-refractivity contribution >= 4 is 51.5 Å². The molecule has 3 rings (SSSR count). The number of benzene rings is 1. The van der Waals surface area contributed by atoms with Crippen LogP contribution in [0.5, 0.6) is 5.75 Å². The molecule has 6 N–H and O–H groups in total. The fourth-order valence-corrected chi connectivity index (χ4v) is 3.89. The zero-order chi connectivity index (χ0) is 31.1. The summed E-state index contributed by atoms with van der Waals surface area (Å²) in [5.74, 6) is -3.84. The summed E-state index contributed by atoms with van der Waals surface area (Å²) in [6.07, 6.45) is 5.23. The van der Waals surface area contributed by atoms with Crippen LogP contribution in [-0.2, 0) is 26.2 Å². The Morgan fingerprint density at radius 1 is 0.927 bits per heavy atom. The number of hydrogen-bond acceptors (Lipinski definition) is 8. The molecule has 1 aromatic carbocycles. The minimum Gasteiger partial charge on any atom is -0.508 e. The highest BCUT2D eigenvalue weighted by atomic mass is 16.4. The van der Waals surface area contributed by atoms with Crippen LogP contribution in [0.2, 0.25) is 0 Å². The number of aromatic hydroxyl groups is 1. The van der Waals surface area contributed by atoms with Gasteiger partial charge in [-0.05, 0) is 56.7 Å². The number of hydrogen-bond donors (Lipinski definition) is 6. The third-order valence-corrected chi connectivity index (χ3v) is 5.76. The quantitative estimate of drug-likeness (QED) is 0.145. The molecule has 41 heavy (non-hydrogen) atoms. The Balaban J connectivity index is 0.000000433. The van der Waals surface area contributed by atoms with Crippen LogP contribution in [-0.4, -0.2) is 90.0 Å². The molecule has 3 aromatic rings. The molecule has 222 valence electrons. The largest absolute Gasteiger partial charge is 0.508 e. The van der Waals surface area contributed by atoms with Crippen molar-refractivity contribution in [1.29, 1.82) is 0 Å². The van der Waals surface area contributed by atoms with Gasteiger partial charge in [0.1, 0.15) is 11.6 Å². The molecular weight excluding hydrogens is 536 g/mol. The Labute approximate surface area is 236 Å². The summed E-state index contributed by atoms with van der Waals surface area (Å²) in [6, 6.07) is 5.54. The first-order valence-electron chi connectivity index (χ1n) is 12.6. The highest BCUT2D eigenvalue weighted by Crippen LogP contribution is 2.35. The smallest absolute Gasteiger partial charge is 0.328 e. The Hall–Kier alpha value is -4.91. The molecule has 0 spiro atoms. The molecule has 0 aliphatic rings. The summed E-state index contributed by atoms with van der Waals surface area (Å²) in [5, 5.41) is 46.8. The van der Waals surface area contributed by atoms with Crippen LogP contribution in [0.4, 0.5) is 5.82 Å². The number of aryl methyl sites for hydroxylation is 2. The molecule has 0 fully saturated rings. The van der Waals surface area contributed by atoms with E-state index >= 15 is 0 Å². The topological polar surface area (TPSA) is 203 Å². The highest BCUT2D eigenvalue weighted by molar-refractivity contribution is 6.14. The maximum atomic E-state index is 9.93. The molecular formula is C28H36N4O9. The summed E-state index contributed by atoms with van der Waals surface area (Å²) >= 11 is 0. The van der Waals surface area contributed by atoms with Gasteiger partial charge in [-0.15, -0.1) is 0 Å². The van der Waals surface area contributed by atoms with Gasteiger partial charge in [-0.2, -0.15) is 0 Å². The zero-order valence-electron chi connectivity index (χ0n) is 23.4. The van der Waals surface area contributed by atoms with Crippen molar-refractivity contribution in [2.24, 2.45) is 7.05 Å². The van der Waals surface area contributed by atoms with Crippen LogP contribution in [0.1, 0.15) is 25.8 Å². The van der Waals surface area contributed by atoms with E-state index in [1.54, 1.807) is 6.07 Å². The van der Waals surface area contributed by atoms with Crippen LogP contribution >= 0.6 is 0 Å². The molecule has 0 unspecified atom stereocenters. The molecule has 0 aliphatic carbocycles. The average molecular weight is 573 g/mol. The van der Waals surface area contributed by atoms with Gasteiger partial charge in [-0.25, -0.2) is 24.2 Å². The number of nitrogens with zero attached hydrogens (tertiary/aromatic N) is 3. The number of phenols is 1. The van der Waals surface area contributed by atoms with Crippen molar-refractivity contribution in [2.75, 3.05) is 31.5 Å². The Morgan fingerprint density at radius 3 is 1.90 bits per heavy atom. The van der Waals surface area contributed by atoms with Gasteiger partial charge >= 0.3 is 23.9 Å². The van der Waals surface area contributed by atoms with Crippen molar-refractivity contribution in [2.45, 2.75) is 27.2 Å². The molecule has 0 saturated heterocycles. The maximum absolute atomic E-state index is 9.93. The lowest BCUT2D eigenvalue weighted by Crippen LogP contribution is -2.25. The Kier molecular flexibility index (Phi) is 14.1. The van der Waals surface area contributed by atoms with E-state index in [0.717, 1.165) is 60.3 Å². The zero-order valence-corrected chi connectivity index (χ0v) is 23.4. The standard InChI is InChI=1S/C20H28N4O.2C4H4O4/c1-5-24(6-2)11-7-10-21-20-18-16-12-15(25)8-9-17(16)23(4)19(18)14(3)13-22-20;2*5-3(6)1-2-4(7)8/h8-9,12-13,25H,5-7,10-11H2,1-4H3,(H,21,22);2*1-2H,(H,5,6)(H,7,8)/b;2*2-1-. The number of pyridine rings is 1. The monoisotopic (exact) mass is 572 g/mol. The molecule has 0 atom stereocenters. The number of aliphatic carboxylic acids is 4. The second kappa shape index (κ2) is 16.9. The summed E-state index contributed by atoms with van der Waals surface area (Å²) in [5.41, 5.74) is 3.42. The molecule has 0 aliphatic heterocycles. The van der Waals surface area contributed by atoms with E-state index in [0.29, 0.717) is 24.3 Å². The van der Waals surface area contributed by atoms with E-state index in [1.807, 2.05) is 18.3 Å². The summed E-state index contributed by atoms with van der Waals surface area (Å²) in [4.78, 5) is 45.3. The molecule has 2 heterocycles. The second-order valence-corrected chi connectivity index (χ2v) is 8.60. The maximum Gasteiger partial charge on any atom is 0.328 e. The molecule has 13 heteroatoms. The van der Waals surface area contributed by atoms with Crippen molar-refractivity contribution in [1.82, 2.24) is 14.5 Å². The van der Waals surface area contributed by atoms with Gasteiger partial charge in [0.15, 0.2) is 0 Å². The van der Waals surface area contributed by atoms with E-state index in [9.17, 15) is 24.3 Å². The minimum absolute atomic E-state index is 0.286. The molecule has 13 nitrogen and oxygen atoms in total. The third-order valence-electron chi connectivity index (χ3n) is 5.76. The Morgan fingerprint density at radius 2 is 1.44 bits per heavy atom. The molecule has 0 radical (unpaired) electrons. The van der Waals surface area contributed by atoms with Crippen molar-refractivity contribution in [3.8, 4) is 5.75 Å². The second-order valence-electron chi connectivity index (χ2n) is 8.60. The number of aromatic nitrogens is 2. The van der Waals surface area contributed by atoms with Crippen molar-refractivity contribution in [3.63, 3.8) is 0 Å². The van der Waals surface area contributed by atoms with Crippen molar-refractivity contribution in [3.05, 3.63) is 54.3 Å². The van der Waals surface area contributed by atoms with Gasteiger partial charge in [0.25, 0.3) is 0 Å². The summed E-state index contributed by atoms with van der Waals surface area (Å²) < 4.78 is 2.18. The lowest BCUT2D eigenvalue weighted by atomic mass is 10.1. The average Bonchev–Trinajstić information content (AvgIpc) is 3.20. The van der Waals surface area contributed by atoms with E-state index in [1.165, 1.54) is 5.52 Å². The number of carboxylic acids is 4. The number of carboxylic acid groups (broad SMARTS) is 4. The van der Waals surface area contributed by atoms with E-state index in [4.69, 9.17) is 20.4 Å². The summed E-state index contributed by atoms with van der Waals surface area (Å²) in [6.45, 7) is 10.6. The van der Waals surface area contributed by atoms with Gasteiger partial charge in [0.05, 0.1) is 10.9 Å². The molecule has 0 amide bonds. The fraction of sp³-hybridized carbons (Fsp3) is 0.321. The van der Waals surface area contributed by atoms with Crippen LogP contribution in [0.3, 0.4) is 0 Å². The SMILES string of the molecule is CCN(CC)CCCNc1ncc(C)c2c1c1cc(O)ccc1n2C.O=C(O)/C=C\C(=O)O.O=C(O)/C=C\C(=O)O. The molecule has 0 bridgehead atoms. The first-order valence-corrected chi connectivity index (χ1v) is 12.6. The van der Waals surface area contributed by atoms with Crippen LogP contribution in [0.25, 0.3) is 21.8 Å². The lowest BCUT2D eigenvalue weighted by Gasteiger charge is -2.18. The fourth-order valence-electron chi connectivity index (χ4n) is 3.89. The predicted molar refractivity (Wildman–Crippen MR) is 154 cm³/mol. The predicted octanol–water partition coefficient (Wildman–Crippen LogP) is 3.31. The first-order chi connectivity index (χ1) is 19.3. The van der Waals surface area contributed by atoms with E-state index < -0.39 is 23.9 Å². The number of fused-ring (bicyclic) bond motifs is 3. The van der Waals surface area contributed by atoms with E-state index in [-0.39, 0.29) is 5.75 Å². The third kappa shape index (κ3) is 11.4. The summed E-state index contributed by atoms with van der Waals surface area (Å²) in [7, 11) is 2.07. The normalized spacial score (nSPS) is 10.9. The van der Waals surface area contributed by atoms with Crippen LogP contribution < -0.4 is 5.32 Å². The number of nitrogens with one attached hydrogen (secondary N) is 1. The van der Waals surface area contributed by atoms with Gasteiger partial charge in [-0.3, -0.25) is 0 Å².